The Bertz CT molecular complexity index is 373. The van der Waals surface area contributed by atoms with Gasteiger partial charge in [-0.05, 0) is 86.9 Å². The SMILES string of the molecule is ON=C(S)C(C12CCC(CC1)C2)C12CCC(CC1)C2. The maximum atomic E-state index is 9.38. The predicted molar refractivity (Wildman–Crippen MR) is 79.7 cm³/mol. The van der Waals surface area contributed by atoms with E-state index in [1.165, 1.54) is 64.2 Å². The van der Waals surface area contributed by atoms with Gasteiger partial charge in [0.05, 0.1) is 0 Å². The highest BCUT2D eigenvalue weighted by Gasteiger charge is 2.60. The minimum atomic E-state index is 0.438. The molecule has 4 aliphatic rings. The zero-order chi connectivity index (χ0) is 13.1. The zero-order valence-corrected chi connectivity index (χ0v) is 12.5. The fourth-order valence-electron chi connectivity index (χ4n) is 6.54. The molecule has 4 fully saturated rings. The number of thiol groups is 1. The standard InChI is InChI=1S/C16H25NOS/c18-17-14(19)13(15-5-1-11(9-15)2-6-15)16-7-3-12(10-16)4-8-16/h11-13,18H,1-10H2,(H,17,19). The van der Waals surface area contributed by atoms with Crippen LogP contribution in [0.25, 0.3) is 0 Å². The summed E-state index contributed by atoms with van der Waals surface area (Å²) >= 11 is 4.63. The molecule has 0 unspecified atom stereocenters. The molecule has 0 saturated heterocycles. The summed E-state index contributed by atoms with van der Waals surface area (Å²) < 4.78 is 0. The van der Waals surface area contributed by atoms with E-state index in [0.717, 1.165) is 16.9 Å². The van der Waals surface area contributed by atoms with Crippen molar-refractivity contribution in [1.82, 2.24) is 0 Å². The van der Waals surface area contributed by atoms with Gasteiger partial charge in [-0.2, -0.15) is 0 Å². The summed E-state index contributed by atoms with van der Waals surface area (Å²) in [4.78, 5) is 0. The van der Waals surface area contributed by atoms with E-state index < -0.39 is 0 Å². The van der Waals surface area contributed by atoms with Crippen LogP contribution in [0.15, 0.2) is 5.16 Å². The van der Waals surface area contributed by atoms with Gasteiger partial charge in [0, 0.05) is 5.92 Å². The van der Waals surface area contributed by atoms with Crippen molar-refractivity contribution in [3.05, 3.63) is 0 Å². The monoisotopic (exact) mass is 279 g/mol. The highest BCUT2D eigenvalue weighted by molar-refractivity contribution is 7.97. The average Bonchev–Trinajstić information content (AvgIpc) is 3.18. The van der Waals surface area contributed by atoms with E-state index >= 15 is 0 Å². The van der Waals surface area contributed by atoms with Crippen LogP contribution in [0, 0.1) is 28.6 Å². The molecular weight excluding hydrogens is 254 g/mol. The molecule has 0 radical (unpaired) electrons. The first kappa shape index (κ1) is 12.6. The van der Waals surface area contributed by atoms with E-state index in [2.05, 4.69) is 17.8 Å². The van der Waals surface area contributed by atoms with Crippen LogP contribution in [0.4, 0.5) is 0 Å². The molecule has 106 valence electrons. The number of hydrogen-bond donors (Lipinski definition) is 2. The van der Waals surface area contributed by atoms with E-state index in [0.29, 0.717) is 16.7 Å². The molecule has 19 heavy (non-hydrogen) atoms. The second-order valence-electron chi connectivity index (χ2n) is 7.91. The number of rotatable bonds is 3. The molecule has 4 rings (SSSR count). The molecule has 0 heterocycles. The van der Waals surface area contributed by atoms with Crippen molar-refractivity contribution in [1.29, 1.82) is 0 Å². The largest absolute Gasteiger partial charge is 0.410 e. The van der Waals surface area contributed by atoms with Crippen molar-refractivity contribution in [2.45, 2.75) is 64.2 Å². The van der Waals surface area contributed by atoms with Crippen molar-refractivity contribution in [3.63, 3.8) is 0 Å². The minimum absolute atomic E-state index is 0.438. The lowest BCUT2D eigenvalue weighted by Crippen LogP contribution is -2.42. The Hall–Kier alpha value is -0.180. The molecule has 0 aromatic carbocycles. The lowest BCUT2D eigenvalue weighted by atomic mass is 9.59. The summed E-state index contributed by atoms with van der Waals surface area (Å²) in [6.45, 7) is 0. The normalized spacial score (nSPS) is 50.1. The Morgan fingerprint density at radius 1 is 0.947 bits per heavy atom. The van der Waals surface area contributed by atoms with Gasteiger partial charge in [-0.15, -0.1) is 12.6 Å². The molecule has 2 nitrogen and oxygen atoms in total. The number of oxime groups is 1. The van der Waals surface area contributed by atoms with E-state index in [9.17, 15) is 5.21 Å². The predicted octanol–water partition coefficient (Wildman–Crippen LogP) is 4.48. The summed E-state index contributed by atoms with van der Waals surface area (Å²) in [7, 11) is 0. The number of fused-ring (bicyclic) bond motifs is 4. The molecule has 3 heteroatoms. The third-order valence-electron chi connectivity index (χ3n) is 7.18. The quantitative estimate of drug-likeness (QED) is 0.258. The molecule has 0 atom stereocenters. The van der Waals surface area contributed by atoms with Crippen molar-refractivity contribution >= 4 is 17.7 Å². The van der Waals surface area contributed by atoms with E-state index in [1.54, 1.807) is 0 Å². The van der Waals surface area contributed by atoms with Crippen LogP contribution in [-0.4, -0.2) is 10.3 Å². The Labute approximate surface area is 121 Å². The van der Waals surface area contributed by atoms with Crippen LogP contribution in [0.2, 0.25) is 0 Å². The van der Waals surface area contributed by atoms with Crippen LogP contribution in [-0.2, 0) is 0 Å². The molecule has 1 N–H and O–H groups in total. The van der Waals surface area contributed by atoms with Gasteiger partial charge >= 0.3 is 0 Å². The maximum absolute atomic E-state index is 9.38. The van der Waals surface area contributed by atoms with Gasteiger partial charge in [0.25, 0.3) is 0 Å². The molecule has 0 aliphatic heterocycles. The summed E-state index contributed by atoms with van der Waals surface area (Å²) in [5, 5.41) is 13.7. The summed E-state index contributed by atoms with van der Waals surface area (Å²) in [6, 6.07) is 0. The van der Waals surface area contributed by atoms with Gasteiger partial charge < -0.3 is 5.21 Å². The summed E-state index contributed by atoms with van der Waals surface area (Å²) in [6.07, 6.45) is 13.8. The Balaban J connectivity index is 1.73. The van der Waals surface area contributed by atoms with Crippen molar-refractivity contribution in [3.8, 4) is 0 Å². The minimum Gasteiger partial charge on any atom is -0.410 e. The first-order valence-corrected chi connectivity index (χ1v) is 8.53. The first-order chi connectivity index (χ1) is 9.17. The smallest absolute Gasteiger partial charge is 0.114 e. The van der Waals surface area contributed by atoms with Crippen LogP contribution in [0.5, 0.6) is 0 Å². The van der Waals surface area contributed by atoms with Crippen LogP contribution in [0.1, 0.15) is 64.2 Å². The van der Waals surface area contributed by atoms with Gasteiger partial charge in [-0.25, -0.2) is 0 Å². The summed E-state index contributed by atoms with van der Waals surface area (Å²) in [5.41, 5.74) is 0.875. The highest BCUT2D eigenvalue weighted by atomic mass is 32.1. The van der Waals surface area contributed by atoms with Gasteiger partial charge in [-0.1, -0.05) is 5.16 Å². The molecule has 4 aliphatic carbocycles. The fraction of sp³-hybridized carbons (Fsp3) is 0.938. The number of hydrogen-bond acceptors (Lipinski definition) is 2. The molecule has 0 amide bonds. The molecular formula is C16H25NOS. The van der Waals surface area contributed by atoms with E-state index in [-0.39, 0.29) is 0 Å². The molecule has 4 bridgehead atoms. The van der Waals surface area contributed by atoms with Crippen molar-refractivity contribution in [2.75, 3.05) is 0 Å². The third kappa shape index (κ3) is 1.66. The Kier molecular flexibility index (Phi) is 2.75. The van der Waals surface area contributed by atoms with Gasteiger partial charge in [0.2, 0.25) is 0 Å². The molecule has 4 saturated carbocycles. The van der Waals surface area contributed by atoms with Crippen LogP contribution in [0.3, 0.4) is 0 Å². The molecule has 0 aromatic heterocycles. The zero-order valence-electron chi connectivity index (χ0n) is 11.6. The second-order valence-corrected chi connectivity index (χ2v) is 8.37. The van der Waals surface area contributed by atoms with Gasteiger partial charge in [-0.3, -0.25) is 0 Å². The molecule has 0 spiro atoms. The third-order valence-corrected chi connectivity index (χ3v) is 7.53. The van der Waals surface area contributed by atoms with E-state index in [4.69, 9.17) is 0 Å². The van der Waals surface area contributed by atoms with Crippen LogP contribution < -0.4 is 0 Å². The van der Waals surface area contributed by atoms with Gasteiger partial charge in [0.15, 0.2) is 0 Å². The average molecular weight is 279 g/mol. The summed E-state index contributed by atoms with van der Waals surface area (Å²) in [5.74, 6) is 2.36. The van der Waals surface area contributed by atoms with Crippen molar-refractivity contribution in [2.24, 2.45) is 33.7 Å². The number of nitrogens with zero attached hydrogens (tertiary/aromatic N) is 1. The van der Waals surface area contributed by atoms with E-state index in [1.807, 2.05) is 0 Å². The fourth-order valence-corrected chi connectivity index (χ4v) is 7.09. The second kappa shape index (κ2) is 4.16. The highest BCUT2D eigenvalue weighted by Crippen LogP contribution is 2.68. The Morgan fingerprint density at radius 2 is 1.37 bits per heavy atom. The lowest BCUT2D eigenvalue weighted by Gasteiger charge is -2.46. The maximum Gasteiger partial charge on any atom is 0.114 e. The van der Waals surface area contributed by atoms with Gasteiger partial charge in [0.1, 0.15) is 5.04 Å². The first-order valence-electron chi connectivity index (χ1n) is 8.08. The lowest BCUT2D eigenvalue weighted by molar-refractivity contribution is 0.0824. The van der Waals surface area contributed by atoms with Crippen molar-refractivity contribution < 1.29 is 5.21 Å². The Morgan fingerprint density at radius 3 is 1.63 bits per heavy atom. The topological polar surface area (TPSA) is 32.6 Å². The molecule has 0 aromatic rings. The van der Waals surface area contributed by atoms with Crippen LogP contribution >= 0.6 is 12.6 Å².